The summed E-state index contributed by atoms with van der Waals surface area (Å²) in [6, 6.07) is 0. The lowest BCUT2D eigenvalue weighted by atomic mass is 10.0. The minimum Gasteiger partial charge on any atom is -0.469 e. The highest BCUT2D eigenvalue weighted by atomic mass is 31.2. The molecule has 3 atom stereocenters. The molecule has 3 unspecified atom stereocenters. The van der Waals surface area contributed by atoms with Gasteiger partial charge in [0.15, 0.2) is 0 Å². The molecule has 0 bridgehead atoms. The fourth-order valence-electron chi connectivity index (χ4n) is 6.24. The van der Waals surface area contributed by atoms with Crippen molar-refractivity contribution in [3.05, 3.63) is 0 Å². The zero-order chi connectivity index (χ0) is 34.1. The third kappa shape index (κ3) is 28.1. The lowest BCUT2D eigenvalue weighted by Gasteiger charge is -2.27. The Kier molecular flexibility index (Phi) is 32.0. The number of hydrogen-bond donors (Lipinski definition) is 1. The van der Waals surface area contributed by atoms with Crippen molar-refractivity contribution >= 4 is 19.5 Å². The van der Waals surface area contributed by atoms with E-state index in [1.54, 1.807) is 0 Å². The van der Waals surface area contributed by atoms with Gasteiger partial charge in [-0.15, -0.1) is 0 Å². The van der Waals surface area contributed by atoms with E-state index >= 15 is 0 Å². The lowest BCUT2D eigenvalue weighted by molar-refractivity contribution is -0.141. The molecule has 0 aliphatic heterocycles. The van der Waals surface area contributed by atoms with Crippen LogP contribution in [0.25, 0.3) is 0 Å². The Labute approximate surface area is 284 Å². The molecule has 0 rings (SSSR count). The van der Waals surface area contributed by atoms with Gasteiger partial charge in [0, 0.05) is 12.8 Å². The zero-order valence-electron chi connectivity index (χ0n) is 30.7. The zero-order valence-corrected chi connectivity index (χ0v) is 31.6. The molecule has 0 amide bonds. The van der Waals surface area contributed by atoms with Crippen molar-refractivity contribution < 1.29 is 33.0 Å². The average molecular weight is 675 g/mol. The molecule has 0 aromatic rings. The number of carbonyl (C=O) groups excluding carboxylic acids is 2. The highest BCUT2D eigenvalue weighted by molar-refractivity contribution is 7.53. The minimum absolute atomic E-state index is 0.147. The van der Waals surface area contributed by atoms with Gasteiger partial charge >= 0.3 is 19.5 Å². The summed E-state index contributed by atoms with van der Waals surface area (Å²) in [6.45, 7) is 4.47. The molecule has 46 heavy (non-hydrogen) atoms. The van der Waals surface area contributed by atoms with Gasteiger partial charge in [0.05, 0.1) is 26.0 Å². The van der Waals surface area contributed by atoms with Crippen molar-refractivity contribution in [1.29, 1.82) is 0 Å². The van der Waals surface area contributed by atoms with E-state index in [2.05, 4.69) is 13.8 Å². The van der Waals surface area contributed by atoms with E-state index in [4.69, 9.17) is 14.0 Å². The van der Waals surface area contributed by atoms with E-state index in [1.165, 1.54) is 78.4 Å². The molecule has 274 valence electrons. The Morgan fingerprint density at radius 1 is 0.500 bits per heavy atom. The molecule has 0 saturated carbocycles. The molecule has 0 radical (unpaired) electrons. The molecule has 0 aromatic heterocycles. The Morgan fingerprint density at radius 2 is 0.804 bits per heavy atom. The Balaban J connectivity index is 5.05. The summed E-state index contributed by atoms with van der Waals surface area (Å²) in [5.41, 5.74) is -0.298. The summed E-state index contributed by atoms with van der Waals surface area (Å²) in [5.74, 6) is -0.302. The maximum absolute atomic E-state index is 13.9. The van der Waals surface area contributed by atoms with Crippen LogP contribution in [0, 0.1) is 0 Å². The fraction of sp³-hybridized carbons (Fsp3) is 0.947. The second-order valence-electron chi connectivity index (χ2n) is 13.5. The van der Waals surface area contributed by atoms with E-state index in [0.29, 0.717) is 12.8 Å². The number of methoxy groups -OCH3 is 2. The third-order valence-corrected chi connectivity index (χ3v) is 11.4. The van der Waals surface area contributed by atoms with Gasteiger partial charge in [0.1, 0.15) is 0 Å². The van der Waals surface area contributed by atoms with E-state index in [1.807, 2.05) is 0 Å². The van der Waals surface area contributed by atoms with Crippen molar-refractivity contribution in [2.75, 3.05) is 14.2 Å². The molecule has 1 N–H and O–H groups in total. The maximum atomic E-state index is 13.9. The third-order valence-electron chi connectivity index (χ3n) is 9.31. The SMILES string of the molecule is CCCCCCCCCC(CCCCCCCC(=O)OC)OP(=O)(O)C(CCCCCCCCC)CCCCCCCC(=O)OC. The van der Waals surface area contributed by atoms with Gasteiger partial charge in [-0.05, 0) is 38.5 Å². The molecule has 8 heteroatoms. The van der Waals surface area contributed by atoms with Crippen molar-refractivity contribution in [1.82, 2.24) is 0 Å². The number of rotatable bonds is 35. The standard InChI is InChI=1S/C38H75O7P/c1-5-7-9-11-13-17-23-29-35(30-24-18-15-21-27-33-37(39)43-3)45-46(41,42)36(31-25-19-14-12-10-8-6-2)32-26-20-16-22-28-34-38(40)44-4/h35-36H,5-34H2,1-4H3,(H,41,42). The van der Waals surface area contributed by atoms with E-state index in [0.717, 1.165) is 116 Å². The van der Waals surface area contributed by atoms with Crippen LogP contribution in [0.15, 0.2) is 0 Å². The molecule has 0 aliphatic rings. The van der Waals surface area contributed by atoms with Crippen molar-refractivity contribution in [3.63, 3.8) is 0 Å². The van der Waals surface area contributed by atoms with Crippen LogP contribution in [0.1, 0.15) is 206 Å². The van der Waals surface area contributed by atoms with Crippen LogP contribution in [0.3, 0.4) is 0 Å². The van der Waals surface area contributed by atoms with E-state index in [9.17, 15) is 19.0 Å². The van der Waals surface area contributed by atoms with Gasteiger partial charge in [0.25, 0.3) is 0 Å². The summed E-state index contributed by atoms with van der Waals surface area (Å²) < 4.78 is 29.6. The van der Waals surface area contributed by atoms with Crippen LogP contribution < -0.4 is 0 Å². The number of ether oxygens (including phenoxy) is 2. The number of carbonyl (C=O) groups is 2. The van der Waals surface area contributed by atoms with Crippen molar-refractivity contribution in [2.24, 2.45) is 0 Å². The second-order valence-corrected chi connectivity index (χ2v) is 15.6. The molecular formula is C38H75O7P. The van der Waals surface area contributed by atoms with Gasteiger partial charge in [-0.3, -0.25) is 14.2 Å². The van der Waals surface area contributed by atoms with Gasteiger partial charge in [0.2, 0.25) is 0 Å². The molecule has 0 spiro atoms. The number of unbranched alkanes of at least 4 members (excludes halogenated alkanes) is 20. The average Bonchev–Trinajstić information content (AvgIpc) is 3.04. The van der Waals surface area contributed by atoms with E-state index < -0.39 is 7.60 Å². The maximum Gasteiger partial charge on any atom is 0.331 e. The fourth-order valence-corrected chi connectivity index (χ4v) is 8.07. The predicted octanol–water partition coefficient (Wildman–Crippen LogP) is 12.0. The summed E-state index contributed by atoms with van der Waals surface area (Å²) in [5, 5.41) is 0. The quantitative estimate of drug-likeness (QED) is 0.0406. The first-order chi connectivity index (χ1) is 22.3. The molecule has 0 aliphatic carbocycles. The van der Waals surface area contributed by atoms with Gasteiger partial charge in [-0.2, -0.15) is 0 Å². The minimum atomic E-state index is -3.77. The monoisotopic (exact) mass is 675 g/mol. The highest BCUT2D eigenvalue weighted by Gasteiger charge is 2.34. The molecular weight excluding hydrogens is 599 g/mol. The molecule has 0 aromatic carbocycles. The predicted molar refractivity (Wildman–Crippen MR) is 192 cm³/mol. The molecule has 0 heterocycles. The Hall–Kier alpha value is -0.910. The second kappa shape index (κ2) is 32.6. The van der Waals surface area contributed by atoms with Crippen LogP contribution in [0.5, 0.6) is 0 Å². The van der Waals surface area contributed by atoms with Gasteiger partial charge in [-0.25, -0.2) is 0 Å². The van der Waals surface area contributed by atoms with Crippen molar-refractivity contribution in [3.8, 4) is 0 Å². The highest BCUT2D eigenvalue weighted by Crippen LogP contribution is 2.53. The Morgan fingerprint density at radius 3 is 1.15 bits per heavy atom. The largest absolute Gasteiger partial charge is 0.469 e. The summed E-state index contributed by atoms with van der Waals surface area (Å²) in [6.07, 6.45) is 30.5. The first kappa shape index (κ1) is 45.1. The van der Waals surface area contributed by atoms with Gasteiger partial charge < -0.3 is 18.9 Å². The first-order valence-corrected chi connectivity index (χ1v) is 21.1. The Bertz CT molecular complexity index is 745. The smallest absolute Gasteiger partial charge is 0.331 e. The van der Waals surface area contributed by atoms with E-state index in [-0.39, 0.29) is 23.7 Å². The summed E-state index contributed by atoms with van der Waals surface area (Å²) in [4.78, 5) is 34.2. The first-order valence-electron chi connectivity index (χ1n) is 19.4. The topological polar surface area (TPSA) is 99.1 Å². The lowest BCUT2D eigenvalue weighted by Crippen LogP contribution is -2.18. The van der Waals surface area contributed by atoms with Crippen molar-refractivity contribution in [2.45, 2.75) is 218 Å². The summed E-state index contributed by atoms with van der Waals surface area (Å²) >= 11 is 0. The van der Waals surface area contributed by atoms with Crippen LogP contribution in [-0.2, 0) is 28.2 Å². The van der Waals surface area contributed by atoms with Gasteiger partial charge in [-0.1, -0.05) is 155 Å². The van der Waals surface area contributed by atoms with Crippen LogP contribution in [-0.4, -0.2) is 42.8 Å². The summed E-state index contributed by atoms with van der Waals surface area (Å²) in [7, 11) is -0.906. The number of hydrogen-bond acceptors (Lipinski definition) is 6. The van der Waals surface area contributed by atoms with Crippen LogP contribution >= 0.6 is 7.60 Å². The molecule has 0 fully saturated rings. The van der Waals surface area contributed by atoms with Crippen LogP contribution in [0.2, 0.25) is 0 Å². The molecule has 7 nitrogen and oxygen atoms in total. The van der Waals surface area contributed by atoms with Crippen LogP contribution in [0.4, 0.5) is 0 Å². The number of esters is 2. The normalized spacial score (nSPS) is 14.1. The molecule has 0 saturated heterocycles.